The lowest BCUT2D eigenvalue weighted by molar-refractivity contribution is -0.365. The number of carbonyl (C=O) groups is 1. The Bertz CT molecular complexity index is 528. The van der Waals surface area contributed by atoms with Crippen LogP contribution in [0.3, 0.4) is 0 Å². The quantitative estimate of drug-likeness (QED) is 0.145. The van der Waals surface area contributed by atoms with Crippen LogP contribution >= 0.6 is 11.6 Å². The van der Waals surface area contributed by atoms with Gasteiger partial charge in [0, 0.05) is 18.3 Å². The van der Waals surface area contributed by atoms with E-state index >= 15 is 0 Å². The molecule has 0 aliphatic carbocycles. The van der Waals surface area contributed by atoms with E-state index < -0.39 is 48.5 Å². The first-order valence-corrected chi connectivity index (χ1v) is 9.70. The molecule has 0 radical (unpaired) electrons. The Morgan fingerprint density at radius 3 is 2.36 bits per heavy atom. The third-order valence-electron chi connectivity index (χ3n) is 4.67. The topological polar surface area (TPSA) is 163 Å². The van der Waals surface area contributed by atoms with Gasteiger partial charge in [-0.25, -0.2) is 4.79 Å². The molecule has 2 amide bonds. The van der Waals surface area contributed by atoms with Crippen molar-refractivity contribution in [1.82, 2.24) is 9.91 Å². The summed E-state index contributed by atoms with van der Waals surface area (Å²) in [5.74, 6) is -2.31. The molecular formula is C16H30ClN3O8. The molecule has 1 saturated heterocycles. The summed E-state index contributed by atoms with van der Waals surface area (Å²) >= 11 is 5.54. The summed E-state index contributed by atoms with van der Waals surface area (Å²) in [6.45, 7) is 4.70. The summed E-state index contributed by atoms with van der Waals surface area (Å²) in [5.41, 5.74) is 0. The van der Waals surface area contributed by atoms with Crippen LogP contribution in [0.2, 0.25) is 0 Å². The average Bonchev–Trinajstić information content (AvgIpc) is 2.65. The molecule has 0 aromatic carbocycles. The molecule has 0 saturated carbocycles. The highest BCUT2D eigenvalue weighted by Crippen LogP contribution is 2.34. The fraction of sp³-hybridized carbons (Fsp3) is 0.938. The van der Waals surface area contributed by atoms with Crippen molar-refractivity contribution < 1.29 is 35.1 Å². The van der Waals surface area contributed by atoms with E-state index in [1.807, 2.05) is 6.92 Å². The van der Waals surface area contributed by atoms with E-state index in [1.54, 1.807) is 0 Å². The zero-order valence-corrected chi connectivity index (χ0v) is 16.9. The third kappa shape index (κ3) is 5.29. The van der Waals surface area contributed by atoms with Crippen LogP contribution in [0.15, 0.2) is 5.29 Å². The van der Waals surface area contributed by atoms with Crippen molar-refractivity contribution in [2.45, 2.75) is 82.5 Å². The molecule has 11 nitrogen and oxygen atoms in total. The molecule has 0 aromatic heterocycles. The molecule has 0 bridgehead atoms. The van der Waals surface area contributed by atoms with Crippen LogP contribution in [0.1, 0.15) is 40.0 Å². The van der Waals surface area contributed by atoms with E-state index in [2.05, 4.69) is 5.29 Å². The van der Waals surface area contributed by atoms with Crippen molar-refractivity contribution in [2.24, 2.45) is 5.29 Å². The number of hydrogen-bond donors (Lipinski definition) is 5. The maximum atomic E-state index is 12.6. The number of carbonyl (C=O) groups excluding carboxylic acids is 1. The van der Waals surface area contributed by atoms with Crippen LogP contribution < -0.4 is 0 Å². The Kier molecular flexibility index (Phi) is 9.47. The second-order valence-electron chi connectivity index (χ2n) is 7.05. The Hall–Kier alpha value is -1.08. The van der Waals surface area contributed by atoms with Crippen LogP contribution in [0, 0.1) is 4.91 Å². The van der Waals surface area contributed by atoms with E-state index in [-0.39, 0.29) is 18.8 Å². The van der Waals surface area contributed by atoms with E-state index in [4.69, 9.17) is 16.3 Å². The van der Waals surface area contributed by atoms with Crippen molar-refractivity contribution >= 4 is 17.6 Å². The molecule has 6 atom stereocenters. The molecule has 1 unspecified atom stereocenters. The molecule has 0 spiro atoms. The molecule has 28 heavy (non-hydrogen) atoms. The minimum Gasteiger partial charge on any atom is -0.387 e. The molecule has 1 rings (SSSR count). The smallest absolute Gasteiger partial charge is 0.345 e. The maximum Gasteiger partial charge on any atom is 0.345 e. The van der Waals surface area contributed by atoms with E-state index in [0.717, 1.165) is 4.90 Å². The predicted molar refractivity (Wildman–Crippen MR) is 99.0 cm³/mol. The van der Waals surface area contributed by atoms with Crippen LogP contribution in [0.4, 0.5) is 4.79 Å². The van der Waals surface area contributed by atoms with Gasteiger partial charge < -0.3 is 30.3 Å². The molecule has 164 valence electrons. The summed E-state index contributed by atoms with van der Waals surface area (Å²) in [7, 11) is 0. The van der Waals surface area contributed by atoms with Crippen LogP contribution in [0.5, 0.6) is 0 Å². The van der Waals surface area contributed by atoms with Crippen molar-refractivity contribution in [1.29, 1.82) is 0 Å². The van der Waals surface area contributed by atoms with E-state index in [9.17, 15) is 35.2 Å². The van der Waals surface area contributed by atoms with Crippen molar-refractivity contribution in [2.75, 3.05) is 12.4 Å². The first-order chi connectivity index (χ1) is 13.0. The van der Waals surface area contributed by atoms with Gasteiger partial charge in [-0.3, -0.25) is 4.90 Å². The van der Waals surface area contributed by atoms with Gasteiger partial charge in [-0.2, -0.15) is 5.01 Å². The van der Waals surface area contributed by atoms with Gasteiger partial charge in [0.2, 0.25) is 0 Å². The van der Waals surface area contributed by atoms with E-state index in [0.29, 0.717) is 17.9 Å². The highest BCUT2D eigenvalue weighted by molar-refractivity contribution is 6.18. The monoisotopic (exact) mass is 427 g/mol. The second-order valence-corrected chi connectivity index (χ2v) is 7.43. The van der Waals surface area contributed by atoms with Crippen LogP contribution in [-0.2, 0) is 4.74 Å². The van der Waals surface area contributed by atoms with Crippen molar-refractivity contribution in [3.8, 4) is 0 Å². The van der Waals surface area contributed by atoms with Gasteiger partial charge in [0.05, 0.1) is 11.8 Å². The van der Waals surface area contributed by atoms with Crippen LogP contribution in [-0.4, -0.2) is 96.4 Å². The first-order valence-electron chi connectivity index (χ1n) is 9.17. The standard InChI is InChI=1S/C16H30ClN3O8/c1-4-5-6-16(26)13(23)11(22)10(21)12(28-16)14(24)20(9(2)3)15(25)19(18-27)8-7-17/h9-14,21-24,26H,4-8H2,1-3H3/t10-,11-,12-,13+,14?,16-/m0/s1. The minimum atomic E-state index is -2.23. The van der Waals surface area contributed by atoms with Crippen LogP contribution in [0.25, 0.3) is 0 Å². The number of hydrogen-bond acceptors (Lipinski definition) is 9. The van der Waals surface area contributed by atoms with Crippen molar-refractivity contribution in [3.63, 3.8) is 0 Å². The number of aliphatic hydroxyl groups excluding tert-OH is 4. The van der Waals surface area contributed by atoms with Gasteiger partial charge in [-0.05, 0) is 20.3 Å². The largest absolute Gasteiger partial charge is 0.387 e. The van der Waals surface area contributed by atoms with Crippen molar-refractivity contribution in [3.05, 3.63) is 4.91 Å². The molecule has 1 heterocycles. The van der Waals surface area contributed by atoms with Gasteiger partial charge in [-0.15, -0.1) is 16.5 Å². The number of ether oxygens (including phenoxy) is 1. The molecular weight excluding hydrogens is 398 g/mol. The molecule has 1 aliphatic heterocycles. The fourth-order valence-corrected chi connectivity index (χ4v) is 3.24. The van der Waals surface area contributed by atoms with Gasteiger partial charge in [-0.1, -0.05) is 13.3 Å². The van der Waals surface area contributed by atoms with Gasteiger partial charge >= 0.3 is 6.03 Å². The lowest BCUT2D eigenvalue weighted by Gasteiger charge is -2.49. The highest BCUT2D eigenvalue weighted by Gasteiger charge is 2.55. The first kappa shape index (κ1) is 25.0. The summed E-state index contributed by atoms with van der Waals surface area (Å²) in [6.07, 6.45) is -7.96. The molecule has 0 aromatic rings. The molecule has 1 aliphatic rings. The maximum absolute atomic E-state index is 12.6. The summed E-state index contributed by atoms with van der Waals surface area (Å²) < 4.78 is 5.39. The lowest BCUT2D eigenvalue weighted by atomic mass is 9.88. The minimum absolute atomic E-state index is 0.0679. The number of amides is 2. The molecule has 1 fully saturated rings. The number of nitroso groups, excluding NO2 is 1. The fourth-order valence-electron chi connectivity index (χ4n) is 3.08. The summed E-state index contributed by atoms with van der Waals surface area (Å²) in [5, 5.41) is 55.0. The Morgan fingerprint density at radius 1 is 1.29 bits per heavy atom. The number of nitrogens with zero attached hydrogens (tertiary/aromatic N) is 3. The van der Waals surface area contributed by atoms with Gasteiger partial charge in [0.1, 0.15) is 24.4 Å². The number of rotatable bonds is 9. The summed E-state index contributed by atoms with van der Waals surface area (Å²) in [4.78, 5) is 24.4. The highest BCUT2D eigenvalue weighted by atomic mass is 35.5. The number of alkyl halides is 1. The normalized spacial score (nSPS) is 31.5. The number of unbranched alkanes of at least 4 members (excludes halogenated alkanes) is 1. The Labute approximate surface area is 168 Å². The molecule has 5 N–H and O–H groups in total. The summed E-state index contributed by atoms with van der Waals surface area (Å²) in [6, 6.07) is -1.67. The number of halogens is 1. The number of urea groups is 1. The second kappa shape index (κ2) is 10.6. The van der Waals surface area contributed by atoms with Gasteiger partial charge in [0.25, 0.3) is 0 Å². The number of aliphatic hydroxyl groups is 5. The zero-order valence-electron chi connectivity index (χ0n) is 16.2. The lowest BCUT2D eigenvalue weighted by Crippen LogP contribution is -2.69. The van der Waals surface area contributed by atoms with Gasteiger partial charge in [0.15, 0.2) is 12.0 Å². The predicted octanol–water partition coefficient (Wildman–Crippen LogP) is -0.282. The van der Waals surface area contributed by atoms with E-state index in [1.165, 1.54) is 13.8 Å². The zero-order chi connectivity index (χ0) is 21.6. The Morgan fingerprint density at radius 2 is 1.89 bits per heavy atom. The Balaban J connectivity index is 3.17. The third-order valence-corrected chi connectivity index (χ3v) is 4.84. The molecule has 12 heteroatoms. The SMILES string of the molecule is CCCC[C@]1(O)O[C@H](C(O)N(C(=O)N(CCCl)N=O)C(C)C)[C@@H](O)[C@H](O)[C@H]1O. The average molecular weight is 428 g/mol.